The van der Waals surface area contributed by atoms with Gasteiger partial charge in [0.05, 0.1) is 0 Å². The van der Waals surface area contributed by atoms with Crippen LogP contribution in [0.2, 0.25) is 10.0 Å². The molecule has 0 saturated carbocycles. The minimum Gasteiger partial charge on any atom is -0.344 e. The molecule has 0 aliphatic carbocycles. The van der Waals surface area contributed by atoms with E-state index < -0.39 is 0 Å². The average Bonchev–Trinajstić information content (AvgIpc) is 2.87. The third kappa shape index (κ3) is 5.25. The van der Waals surface area contributed by atoms with Crippen LogP contribution in [0.15, 0.2) is 42.5 Å². The van der Waals surface area contributed by atoms with Crippen molar-refractivity contribution in [3.63, 3.8) is 0 Å². The first-order chi connectivity index (χ1) is 14.6. The standard InChI is InChI=1S/C22H22Cl2N2O.C2H7N/c23-17-3-1-15(2-4-17)16(9-12-27)14-26-21-6-5-18(24)13-20(21)19-7-10-25-11-8-22(19)26;1-3-2/h1-6,12-13,16,25H,7-11,14H2;3H,1-2H3. The highest BCUT2D eigenvalue weighted by atomic mass is 35.5. The zero-order valence-electron chi connectivity index (χ0n) is 17.6. The number of nitrogens with one attached hydrogen (secondary N) is 2. The number of nitrogens with zero attached hydrogens (tertiary/aromatic N) is 1. The Morgan fingerprint density at radius 3 is 2.43 bits per heavy atom. The van der Waals surface area contributed by atoms with Crippen LogP contribution in [0, 0.1) is 0 Å². The number of aromatic nitrogens is 1. The zero-order chi connectivity index (χ0) is 21.5. The van der Waals surface area contributed by atoms with Gasteiger partial charge in [-0.1, -0.05) is 35.3 Å². The first-order valence-corrected chi connectivity index (χ1v) is 11.1. The SMILES string of the molecule is CNC.O=CCC(Cn1c2c(c3cc(Cl)ccc31)CCNCC2)c1ccc(Cl)cc1. The number of rotatable bonds is 5. The van der Waals surface area contributed by atoms with Crippen LogP contribution in [-0.4, -0.2) is 38.0 Å². The van der Waals surface area contributed by atoms with E-state index >= 15 is 0 Å². The number of halogens is 2. The molecule has 0 radical (unpaired) electrons. The van der Waals surface area contributed by atoms with E-state index in [1.807, 2.05) is 44.4 Å². The lowest BCUT2D eigenvalue weighted by molar-refractivity contribution is -0.108. The largest absolute Gasteiger partial charge is 0.344 e. The Bertz CT molecular complexity index is 982. The Kier molecular flexibility index (Phi) is 8.34. The monoisotopic (exact) mass is 445 g/mol. The minimum absolute atomic E-state index is 0.117. The van der Waals surface area contributed by atoms with E-state index in [4.69, 9.17) is 23.2 Å². The molecule has 3 aromatic rings. The molecule has 2 heterocycles. The fourth-order valence-electron chi connectivity index (χ4n) is 4.16. The number of benzene rings is 2. The predicted molar refractivity (Wildman–Crippen MR) is 127 cm³/mol. The first kappa shape index (κ1) is 22.8. The molecule has 0 spiro atoms. The summed E-state index contributed by atoms with van der Waals surface area (Å²) in [4.78, 5) is 11.4. The third-order valence-corrected chi connectivity index (χ3v) is 5.95. The molecule has 0 bridgehead atoms. The number of carbonyl (C=O) groups excluding carboxylic acids is 1. The van der Waals surface area contributed by atoms with E-state index in [0.717, 1.165) is 49.3 Å². The summed E-state index contributed by atoms with van der Waals surface area (Å²) in [7, 11) is 3.75. The van der Waals surface area contributed by atoms with E-state index in [1.54, 1.807) is 0 Å². The number of hydrogen-bond donors (Lipinski definition) is 2. The highest BCUT2D eigenvalue weighted by Crippen LogP contribution is 2.33. The van der Waals surface area contributed by atoms with Crippen LogP contribution < -0.4 is 10.6 Å². The molecule has 2 aromatic carbocycles. The van der Waals surface area contributed by atoms with E-state index in [9.17, 15) is 4.79 Å². The molecule has 0 amide bonds. The molecule has 160 valence electrons. The second kappa shape index (κ2) is 11.0. The zero-order valence-corrected chi connectivity index (χ0v) is 19.1. The van der Waals surface area contributed by atoms with Crippen LogP contribution in [0.1, 0.15) is 29.2 Å². The van der Waals surface area contributed by atoms with Crippen LogP contribution in [0.4, 0.5) is 0 Å². The number of fused-ring (bicyclic) bond motifs is 3. The van der Waals surface area contributed by atoms with Crippen LogP contribution in [0.5, 0.6) is 0 Å². The van der Waals surface area contributed by atoms with Gasteiger partial charge in [0.1, 0.15) is 6.29 Å². The molecule has 4 nitrogen and oxygen atoms in total. The van der Waals surface area contributed by atoms with Crippen molar-refractivity contribution in [2.45, 2.75) is 31.7 Å². The third-order valence-electron chi connectivity index (χ3n) is 5.46. The van der Waals surface area contributed by atoms with E-state index in [2.05, 4.69) is 27.3 Å². The Morgan fingerprint density at radius 1 is 1.07 bits per heavy atom. The lowest BCUT2D eigenvalue weighted by Crippen LogP contribution is -2.18. The van der Waals surface area contributed by atoms with Gasteiger partial charge >= 0.3 is 0 Å². The smallest absolute Gasteiger partial charge is 0.120 e. The van der Waals surface area contributed by atoms with Crippen LogP contribution in [-0.2, 0) is 24.2 Å². The molecule has 1 unspecified atom stereocenters. The molecule has 0 fully saturated rings. The van der Waals surface area contributed by atoms with Gasteiger partial charge in [0.25, 0.3) is 0 Å². The van der Waals surface area contributed by atoms with Crippen LogP contribution >= 0.6 is 23.2 Å². The van der Waals surface area contributed by atoms with Crippen molar-refractivity contribution in [1.29, 1.82) is 0 Å². The fourth-order valence-corrected chi connectivity index (χ4v) is 4.45. The van der Waals surface area contributed by atoms with Crippen molar-refractivity contribution >= 4 is 40.4 Å². The van der Waals surface area contributed by atoms with Gasteiger partial charge in [-0.2, -0.15) is 0 Å². The maximum absolute atomic E-state index is 11.4. The molecule has 4 rings (SSSR count). The van der Waals surface area contributed by atoms with Gasteiger partial charge in [0.2, 0.25) is 0 Å². The van der Waals surface area contributed by atoms with E-state index in [0.29, 0.717) is 11.4 Å². The van der Waals surface area contributed by atoms with Crippen molar-refractivity contribution in [3.8, 4) is 0 Å². The minimum atomic E-state index is 0.117. The van der Waals surface area contributed by atoms with Crippen LogP contribution in [0.25, 0.3) is 10.9 Å². The summed E-state index contributed by atoms with van der Waals surface area (Å²) < 4.78 is 2.40. The summed E-state index contributed by atoms with van der Waals surface area (Å²) >= 11 is 12.3. The predicted octanol–water partition coefficient (Wildman–Crippen LogP) is 4.84. The molecular formula is C24H29Cl2N3O. The maximum atomic E-state index is 11.4. The molecule has 1 aliphatic heterocycles. The van der Waals surface area contributed by atoms with E-state index in [1.165, 1.54) is 22.2 Å². The summed E-state index contributed by atoms with van der Waals surface area (Å²) in [6.45, 7) is 2.72. The highest BCUT2D eigenvalue weighted by molar-refractivity contribution is 6.31. The maximum Gasteiger partial charge on any atom is 0.120 e. The molecule has 0 saturated heterocycles. The lowest BCUT2D eigenvalue weighted by atomic mass is 9.96. The molecule has 30 heavy (non-hydrogen) atoms. The number of aldehydes is 1. The van der Waals surface area contributed by atoms with Gasteiger partial charge in [-0.25, -0.2) is 0 Å². The second-order valence-corrected chi connectivity index (χ2v) is 8.47. The highest BCUT2D eigenvalue weighted by Gasteiger charge is 2.22. The van der Waals surface area contributed by atoms with E-state index in [-0.39, 0.29) is 5.92 Å². The quantitative estimate of drug-likeness (QED) is 0.551. The Labute approximate surface area is 188 Å². The van der Waals surface area contributed by atoms with Crippen LogP contribution in [0.3, 0.4) is 0 Å². The molecule has 2 N–H and O–H groups in total. The summed E-state index contributed by atoms with van der Waals surface area (Å²) in [5, 5.41) is 8.95. The Hall–Kier alpha value is -1.85. The number of carbonyl (C=O) groups is 1. The van der Waals surface area contributed by atoms with Gasteiger partial charge in [-0.3, -0.25) is 0 Å². The number of hydrogen-bond acceptors (Lipinski definition) is 3. The van der Waals surface area contributed by atoms with Crippen molar-refractivity contribution in [2.75, 3.05) is 27.2 Å². The van der Waals surface area contributed by atoms with Crippen molar-refractivity contribution in [2.24, 2.45) is 0 Å². The Morgan fingerprint density at radius 2 is 1.73 bits per heavy atom. The molecule has 1 atom stereocenters. The van der Waals surface area contributed by atoms with Gasteiger partial charge in [-0.15, -0.1) is 0 Å². The molecular weight excluding hydrogens is 417 g/mol. The van der Waals surface area contributed by atoms with Gasteiger partial charge in [-0.05, 0) is 68.5 Å². The lowest BCUT2D eigenvalue weighted by Gasteiger charge is -2.19. The Balaban J connectivity index is 0.000000806. The summed E-state index contributed by atoms with van der Waals surface area (Å²) in [6, 6.07) is 14.0. The van der Waals surface area contributed by atoms with Crippen molar-refractivity contribution in [1.82, 2.24) is 15.2 Å². The molecule has 1 aliphatic rings. The summed E-state index contributed by atoms with van der Waals surface area (Å²) in [5.74, 6) is 0.117. The van der Waals surface area contributed by atoms with Gasteiger partial charge < -0.3 is 20.0 Å². The summed E-state index contributed by atoms with van der Waals surface area (Å²) in [6.07, 6.45) is 3.48. The second-order valence-electron chi connectivity index (χ2n) is 7.60. The van der Waals surface area contributed by atoms with Crippen molar-refractivity contribution < 1.29 is 4.79 Å². The molecule has 6 heteroatoms. The average molecular weight is 446 g/mol. The van der Waals surface area contributed by atoms with Gasteiger partial charge in [0, 0.05) is 58.5 Å². The summed E-state index contributed by atoms with van der Waals surface area (Å²) in [5.41, 5.74) is 5.10. The fraction of sp³-hybridized carbons (Fsp3) is 0.375. The topological polar surface area (TPSA) is 46.1 Å². The first-order valence-electron chi connectivity index (χ1n) is 10.4. The van der Waals surface area contributed by atoms with Crippen molar-refractivity contribution in [3.05, 3.63) is 69.3 Å². The molecule has 1 aromatic heterocycles. The normalized spacial score (nSPS) is 14.4. The van der Waals surface area contributed by atoms with Gasteiger partial charge in [0.15, 0.2) is 0 Å².